The molecule has 10 heteroatoms. The second-order valence-electron chi connectivity index (χ2n) is 10.5. The third-order valence-electron chi connectivity index (χ3n) is 7.96. The van der Waals surface area contributed by atoms with E-state index in [0.29, 0.717) is 30.5 Å². The Hall–Kier alpha value is -4.05. The molecule has 3 heterocycles. The zero-order valence-corrected chi connectivity index (χ0v) is 21.9. The van der Waals surface area contributed by atoms with Gasteiger partial charge in [0.05, 0.1) is 17.9 Å². The molecule has 1 saturated carbocycles. The van der Waals surface area contributed by atoms with Crippen molar-refractivity contribution in [1.82, 2.24) is 29.8 Å². The van der Waals surface area contributed by atoms with E-state index >= 15 is 0 Å². The highest BCUT2D eigenvalue weighted by Crippen LogP contribution is 2.35. The highest BCUT2D eigenvalue weighted by atomic mass is 19.2. The number of urea groups is 1. The van der Waals surface area contributed by atoms with E-state index in [2.05, 4.69) is 20.6 Å². The Labute approximate surface area is 225 Å². The molecule has 6 rings (SSSR count). The van der Waals surface area contributed by atoms with E-state index in [1.54, 1.807) is 21.6 Å². The number of para-hydroxylation sites is 1. The molecule has 2 atom stereocenters. The lowest BCUT2D eigenvalue weighted by Crippen LogP contribution is -2.44. The molecule has 4 aromatic rings. The summed E-state index contributed by atoms with van der Waals surface area (Å²) in [6.07, 6.45) is 7.06. The van der Waals surface area contributed by atoms with Gasteiger partial charge in [0.1, 0.15) is 11.5 Å². The van der Waals surface area contributed by atoms with Gasteiger partial charge < -0.3 is 5.32 Å². The van der Waals surface area contributed by atoms with Crippen molar-refractivity contribution in [1.29, 1.82) is 0 Å². The fourth-order valence-electron chi connectivity index (χ4n) is 5.64. The van der Waals surface area contributed by atoms with Crippen molar-refractivity contribution < 1.29 is 13.6 Å². The molecular weight excluding hydrogens is 500 g/mol. The van der Waals surface area contributed by atoms with Gasteiger partial charge in [-0.3, -0.25) is 14.9 Å². The molecule has 1 aliphatic carbocycles. The number of aromatic nitrogens is 4. The third kappa shape index (κ3) is 4.92. The molecule has 0 spiro atoms. The maximum Gasteiger partial charge on any atom is 0.320 e. The van der Waals surface area contributed by atoms with E-state index in [1.165, 1.54) is 12.5 Å². The molecule has 2 amide bonds. The zero-order valence-electron chi connectivity index (χ0n) is 21.9. The molecule has 202 valence electrons. The topological polar surface area (TPSA) is 80.0 Å². The number of nitrogens with zero attached hydrogens (tertiary/aromatic N) is 5. The van der Waals surface area contributed by atoms with E-state index < -0.39 is 11.6 Å². The van der Waals surface area contributed by atoms with Gasteiger partial charge in [0, 0.05) is 49.4 Å². The number of carbonyl (C=O) groups excluding carboxylic acids is 1. The van der Waals surface area contributed by atoms with Gasteiger partial charge in [0.25, 0.3) is 0 Å². The lowest BCUT2D eigenvalue weighted by Gasteiger charge is -2.34. The summed E-state index contributed by atoms with van der Waals surface area (Å²) in [6, 6.07) is 13.5. The number of aryl methyl sites for hydroxylation is 1. The van der Waals surface area contributed by atoms with Crippen LogP contribution in [0.25, 0.3) is 16.9 Å². The zero-order chi connectivity index (χ0) is 27.1. The van der Waals surface area contributed by atoms with Crippen molar-refractivity contribution in [3.05, 3.63) is 83.7 Å². The molecule has 1 aliphatic heterocycles. The van der Waals surface area contributed by atoms with E-state index in [0.717, 1.165) is 41.4 Å². The molecule has 8 nitrogen and oxygen atoms in total. The Balaban J connectivity index is 1.28. The average Bonchev–Trinajstić information content (AvgIpc) is 3.58. The van der Waals surface area contributed by atoms with Gasteiger partial charge >= 0.3 is 6.03 Å². The molecule has 0 unspecified atom stereocenters. The molecule has 0 radical (unpaired) electrons. The number of rotatable bonds is 6. The number of likely N-dealkylation sites (tertiary alicyclic amines) is 1. The second-order valence-corrected chi connectivity index (χ2v) is 10.5. The first kappa shape index (κ1) is 25.2. The smallest absolute Gasteiger partial charge is 0.320 e. The lowest BCUT2D eigenvalue weighted by atomic mass is 9.91. The Morgan fingerprint density at radius 3 is 2.51 bits per heavy atom. The summed E-state index contributed by atoms with van der Waals surface area (Å²) in [6.45, 7) is 3.26. The van der Waals surface area contributed by atoms with E-state index in [1.807, 2.05) is 50.5 Å². The van der Waals surface area contributed by atoms with Crippen LogP contribution in [0.4, 0.5) is 19.4 Å². The maximum absolute atomic E-state index is 14.1. The standard InChI is InChI=1S/C29H31F2N7O/c1-18-27(20-14-32-36(2)15-20)35-38(22-7-4-3-5-8-22)28(18)34-29(39)33-26-17-37(21-9-6-10-21)16-23(26)19-11-12-24(30)25(31)13-19/h3-5,7-8,11-15,21,23,26H,6,9-10,16-17H2,1-2H3,(H2,33,34,39)/t23-,26+/m0/s1. The van der Waals surface area contributed by atoms with Gasteiger partial charge in [-0.15, -0.1) is 0 Å². The van der Waals surface area contributed by atoms with E-state index in [-0.39, 0.29) is 18.0 Å². The number of anilines is 1. The van der Waals surface area contributed by atoms with Crippen molar-refractivity contribution in [2.24, 2.45) is 7.05 Å². The number of nitrogens with one attached hydrogen (secondary N) is 2. The van der Waals surface area contributed by atoms with Crippen LogP contribution in [0.3, 0.4) is 0 Å². The summed E-state index contributed by atoms with van der Waals surface area (Å²) in [7, 11) is 1.84. The fourth-order valence-corrected chi connectivity index (χ4v) is 5.64. The molecule has 2 aromatic carbocycles. The molecule has 2 aliphatic rings. The average molecular weight is 532 g/mol. The second kappa shape index (κ2) is 10.3. The molecule has 2 fully saturated rings. The maximum atomic E-state index is 14.1. The Morgan fingerprint density at radius 2 is 1.85 bits per heavy atom. The van der Waals surface area contributed by atoms with Crippen LogP contribution in [0.1, 0.15) is 36.3 Å². The van der Waals surface area contributed by atoms with Crippen LogP contribution in [0.15, 0.2) is 60.9 Å². The highest BCUT2D eigenvalue weighted by Gasteiger charge is 2.39. The summed E-state index contributed by atoms with van der Waals surface area (Å²) >= 11 is 0. The van der Waals surface area contributed by atoms with Crippen molar-refractivity contribution in [2.45, 2.75) is 44.2 Å². The summed E-state index contributed by atoms with van der Waals surface area (Å²) in [5, 5.41) is 15.3. The van der Waals surface area contributed by atoms with Crippen LogP contribution in [-0.4, -0.2) is 55.7 Å². The minimum Gasteiger partial charge on any atom is -0.333 e. The number of hydrogen-bond acceptors (Lipinski definition) is 4. The molecule has 39 heavy (non-hydrogen) atoms. The first-order valence-corrected chi connectivity index (χ1v) is 13.3. The number of carbonyl (C=O) groups is 1. The van der Waals surface area contributed by atoms with Gasteiger partial charge in [-0.05, 0) is 49.6 Å². The third-order valence-corrected chi connectivity index (χ3v) is 7.96. The van der Waals surface area contributed by atoms with Gasteiger partial charge in [0.2, 0.25) is 0 Å². The minimum atomic E-state index is -0.872. The van der Waals surface area contributed by atoms with E-state index in [4.69, 9.17) is 5.10 Å². The van der Waals surface area contributed by atoms with Crippen LogP contribution < -0.4 is 10.6 Å². The lowest BCUT2D eigenvalue weighted by molar-refractivity contribution is 0.154. The van der Waals surface area contributed by atoms with Crippen molar-refractivity contribution in [2.75, 3.05) is 18.4 Å². The van der Waals surface area contributed by atoms with Crippen LogP contribution in [0, 0.1) is 18.6 Å². The molecular formula is C29H31F2N7O. The van der Waals surface area contributed by atoms with Crippen molar-refractivity contribution in [3.63, 3.8) is 0 Å². The van der Waals surface area contributed by atoms with Crippen LogP contribution in [-0.2, 0) is 7.05 Å². The van der Waals surface area contributed by atoms with E-state index in [9.17, 15) is 13.6 Å². The van der Waals surface area contributed by atoms with Crippen molar-refractivity contribution in [3.8, 4) is 16.9 Å². The van der Waals surface area contributed by atoms with Crippen LogP contribution >= 0.6 is 0 Å². The monoisotopic (exact) mass is 531 g/mol. The largest absolute Gasteiger partial charge is 0.333 e. The fraction of sp³-hybridized carbons (Fsp3) is 0.345. The van der Waals surface area contributed by atoms with Crippen molar-refractivity contribution >= 4 is 11.8 Å². The summed E-state index contributed by atoms with van der Waals surface area (Å²) in [5.74, 6) is -1.35. The first-order chi connectivity index (χ1) is 18.9. The Morgan fingerprint density at radius 1 is 1.05 bits per heavy atom. The van der Waals surface area contributed by atoms with Crippen LogP contribution in [0.2, 0.25) is 0 Å². The minimum absolute atomic E-state index is 0.155. The predicted molar refractivity (Wildman–Crippen MR) is 145 cm³/mol. The number of halogens is 2. The van der Waals surface area contributed by atoms with Gasteiger partial charge in [-0.25, -0.2) is 18.3 Å². The number of amides is 2. The predicted octanol–water partition coefficient (Wildman–Crippen LogP) is 5.00. The van der Waals surface area contributed by atoms with Crippen LogP contribution in [0.5, 0.6) is 0 Å². The molecule has 0 bridgehead atoms. The first-order valence-electron chi connectivity index (χ1n) is 13.3. The van der Waals surface area contributed by atoms with Gasteiger partial charge in [-0.2, -0.15) is 10.2 Å². The molecule has 1 saturated heterocycles. The summed E-state index contributed by atoms with van der Waals surface area (Å²) < 4.78 is 31.2. The summed E-state index contributed by atoms with van der Waals surface area (Å²) in [5.41, 5.74) is 3.87. The van der Waals surface area contributed by atoms with Gasteiger partial charge in [0.15, 0.2) is 11.6 Å². The number of benzene rings is 2. The Kier molecular flexibility index (Phi) is 6.64. The molecule has 2 N–H and O–H groups in total. The SMILES string of the molecule is Cc1c(-c2cnn(C)c2)nn(-c2ccccc2)c1NC(=O)N[C@@H]1CN(C2CCC2)C[C@H]1c1ccc(F)c(F)c1. The number of hydrogen-bond donors (Lipinski definition) is 2. The Bertz CT molecular complexity index is 1490. The summed E-state index contributed by atoms with van der Waals surface area (Å²) in [4.78, 5) is 15.8. The normalized spacial score (nSPS) is 19.7. The highest BCUT2D eigenvalue weighted by molar-refractivity contribution is 5.91. The molecule has 2 aromatic heterocycles. The van der Waals surface area contributed by atoms with Gasteiger partial charge in [-0.1, -0.05) is 30.7 Å². The quantitative estimate of drug-likeness (QED) is 0.367.